The highest BCUT2D eigenvalue weighted by Crippen LogP contribution is 2.31. The summed E-state index contributed by atoms with van der Waals surface area (Å²) in [5, 5.41) is 9.20. The first-order valence-corrected chi connectivity index (χ1v) is 5.50. The Morgan fingerprint density at radius 3 is 1.73 bits per heavy atom. The van der Waals surface area contributed by atoms with Crippen molar-refractivity contribution in [3.05, 3.63) is 28.8 Å². The molecule has 0 atom stereocenters. The van der Waals surface area contributed by atoms with Gasteiger partial charge in [-0.1, -0.05) is 39.8 Å². The van der Waals surface area contributed by atoms with Crippen LogP contribution in [0.15, 0.2) is 12.1 Å². The van der Waals surface area contributed by atoms with Crippen molar-refractivity contribution in [2.24, 2.45) is 0 Å². The molecule has 2 nitrogen and oxygen atoms in total. The Morgan fingerprint density at radius 2 is 1.47 bits per heavy atom. The third kappa shape index (κ3) is 2.51. The topological polar surface area (TPSA) is 46.2 Å². The predicted octanol–water partition coefficient (Wildman–Crippen LogP) is 3.01. The standard InChI is InChI=1S/C13H21NO/c1-8(2)11-5-10(7-15)6-12(9(3)4)13(11)14/h5-6,8-9,15H,7,14H2,1-4H3. The van der Waals surface area contributed by atoms with Crippen molar-refractivity contribution in [2.75, 3.05) is 5.73 Å². The first kappa shape index (κ1) is 12.1. The van der Waals surface area contributed by atoms with E-state index in [1.165, 1.54) is 0 Å². The zero-order chi connectivity index (χ0) is 11.6. The highest BCUT2D eigenvalue weighted by molar-refractivity contribution is 5.58. The smallest absolute Gasteiger partial charge is 0.0682 e. The number of nitrogen functional groups attached to an aromatic ring is 1. The summed E-state index contributed by atoms with van der Waals surface area (Å²) in [6.07, 6.45) is 0. The highest BCUT2D eigenvalue weighted by atomic mass is 16.3. The van der Waals surface area contributed by atoms with Gasteiger partial charge in [-0.05, 0) is 28.5 Å². The number of rotatable bonds is 3. The van der Waals surface area contributed by atoms with Gasteiger partial charge in [0.15, 0.2) is 0 Å². The molecule has 84 valence electrons. The fraction of sp³-hybridized carbons (Fsp3) is 0.538. The maximum absolute atomic E-state index is 9.20. The lowest BCUT2D eigenvalue weighted by atomic mass is 9.91. The number of aliphatic hydroxyl groups excluding tert-OH is 1. The zero-order valence-electron chi connectivity index (χ0n) is 10.0. The molecule has 0 fully saturated rings. The molecule has 2 heteroatoms. The molecule has 3 N–H and O–H groups in total. The number of benzene rings is 1. The van der Waals surface area contributed by atoms with E-state index < -0.39 is 0 Å². The fourth-order valence-electron chi connectivity index (χ4n) is 1.81. The summed E-state index contributed by atoms with van der Waals surface area (Å²) in [4.78, 5) is 0. The Hall–Kier alpha value is -1.02. The van der Waals surface area contributed by atoms with Crippen LogP contribution < -0.4 is 5.73 Å². The first-order valence-electron chi connectivity index (χ1n) is 5.50. The van der Waals surface area contributed by atoms with Crippen LogP contribution >= 0.6 is 0 Å². The Labute approximate surface area is 92.1 Å². The Kier molecular flexibility index (Phi) is 3.75. The molecule has 0 aliphatic rings. The Balaban J connectivity index is 3.33. The second-order valence-corrected chi connectivity index (χ2v) is 4.66. The summed E-state index contributed by atoms with van der Waals surface area (Å²) in [6, 6.07) is 4.01. The summed E-state index contributed by atoms with van der Waals surface area (Å²) >= 11 is 0. The van der Waals surface area contributed by atoms with Crippen LogP contribution in [0.1, 0.15) is 56.2 Å². The molecular formula is C13H21NO. The van der Waals surface area contributed by atoms with Gasteiger partial charge in [0.2, 0.25) is 0 Å². The molecule has 1 aromatic carbocycles. The van der Waals surface area contributed by atoms with Crippen LogP contribution in [0.4, 0.5) is 5.69 Å². The average molecular weight is 207 g/mol. The Morgan fingerprint density at radius 1 is 1.07 bits per heavy atom. The number of anilines is 1. The minimum Gasteiger partial charge on any atom is -0.398 e. The quantitative estimate of drug-likeness (QED) is 0.748. The van der Waals surface area contributed by atoms with Crippen molar-refractivity contribution < 1.29 is 5.11 Å². The van der Waals surface area contributed by atoms with Crippen molar-refractivity contribution in [3.8, 4) is 0 Å². The van der Waals surface area contributed by atoms with Crippen LogP contribution in [0, 0.1) is 0 Å². The van der Waals surface area contributed by atoms with E-state index in [-0.39, 0.29) is 6.61 Å². The maximum atomic E-state index is 9.20. The van der Waals surface area contributed by atoms with Crippen LogP contribution in [0.3, 0.4) is 0 Å². The largest absolute Gasteiger partial charge is 0.398 e. The third-order valence-corrected chi connectivity index (χ3v) is 2.73. The first-order chi connectivity index (χ1) is 6.97. The average Bonchev–Trinajstić information content (AvgIpc) is 2.17. The van der Waals surface area contributed by atoms with Crippen LogP contribution in [0.5, 0.6) is 0 Å². The van der Waals surface area contributed by atoms with Crippen LogP contribution in [0.25, 0.3) is 0 Å². The minimum absolute atomic E-state index is 0.0831. The van der Waals surface area contributed by atoms with Gasteiger partial charge in [-0.25, -0.2) is 0 Å². The van der Waals surface area contributed by atoms with E-state index in [1.54, 1.807) is 0 Å². The molecule has 0 bridgehead atoms. The molecule has 0 saturated carbocycles. The van der Waals surface area contributed by atoms with Gasteiger partial charge >= 0.3 is 0 Å². The number of hydrogen-bond acceptors (Lipinski definition) is 2. The second kappa shape index (κ2) is 4.67. The van der Waals surface area contributed by atoms with Crippen LogP contribution in [0.2, 0.25) is 0 Å². The lowest BCUT2D eigenvalue weighted by Crippen LogP contribution is -2.05. The van der Waals surface area contributed by atoms with Gasteiger partial charge in [0, 0.05) is 5.69 Å². The number of hydrogen-bond donors (Lipinski definition) is 2. The van der Waals surface area contributed by atoms with Gasteiger partial charge in [0.25, 0.3) is 0 Å². The maximum Gasteiger partial charge on any atom is 0.0682 e. The number of nitrogens with two attached hydrogens (primary N) is 1. The Bertz CT molecular complexity index is 313. The second-order valence-electron chi connectivity index (χ2n) is 4.66. The molecule has 0 unspecified atom stereocenters. The molecule has 1 aromatic rings. The van der Waals surface area contributed by atoms with E-state index in [0.717, 1.165) is 22.4 Å². The molecule has 0 saturated heterocycles. The van der Waals surface area contributed by atoms with Gasteiger partial charge in [-0.3, -0.25) is 0 Å². The summed E-state index contributed by atoms with van der Waals surface area (Å²) < 4.78 is 0. The van der Waals surface area contributed by atoms with Crippen molar-refractivity contribution in [3.63, 3.8) is 0 Å². The molecule has 0 aliphatic carbocycles. The lowest BCUT2D eigenvalue weighted by molar-refractivity contribution is 0.281. The van der Waals surface area contributed by atoms with Gasteiger partial charge in [-0.15, -0.1) is 0 Å². The summed E-state index contributed by atoms with van der Waals surface area (Å²) in [5.41, 5.74) is 10.3. The fourth-order valence-corrected chi connectivity index (χ4v) is 1.81. The zero-order valence-corrected chi connectivity index (χ0v) is 10.0. The predicted molar refractivity (Wildman–Crippen MR) is 65.0 cm³/mol. The SMILES string of the molecule is CC(C)c1cc(CO)cc(C(C)C)c1N. The molecular weight excluding hydrogens is 186 g/mol. The van der Waals surface area contributed by atoms with Crippen molar-refractivity contribution >= 4 is 5.69 Å². The van der Waals surface area contributed by atoms with Gasteiger partial charge in [0.1, 0.15) is 0 Å². The van der Waals surface area contributed by atoms with E-state index in [1.807, 2.05) is 12.1 Å². The normalized spacial score (nSPS) is 11.4. The van der Waals surface area contributed by atoms with Gasteiger partial charge in [-0.2, -0.15) is 0 Å². The molecule has 15 heavy (non-hydrogen) atoms. The van der Waals surface area contributed by atoms with Crippen molar-refractivity contribution in [1.29, 1.82) is 0 Å². The molecule has 0 spiro atoms. The van der Waals surface area contributed by atoms with E-state index in [0.29, 0.717) is 11.8 Å². The molecule has 0 aromatic heterocycles. The van der Waals surface area contributed by atoms with Gasteiger partial charge < -0.3 is 10.8 Å². The third-order valence-electron chi connectivity index (χ3n) is 2.73. The van der Waals surface area contributed by atoms with Crippen molar-refractivity contribution in [1.82, 2.24) is 0 Å². The summed E-state index contributed by atoms with van der Waals surface area (Å²) in [7, 11) is 0. The van der Waals surface area contributed by atoms with Crippen molar-refractivity contribution in [2.45, 2.75) is 46.1 Å². The molecule has 0 radical (unpaired) electrons. The lowest BCUT2D eigenvalue weighted by Gasteiger charge is -2.18. The monoisotopic (exact) mass is 207 g/mol. The summed E-state index contributed by atoms with van der Waals surface area (Å²) in [6.45, 7) is 8.57. The molecule has 0 aliphatic heterocycles. The van der Waals surface area contributed by atoms with E-state index in [2.05, 4.69) is 27.7 Å². The molecule has 0 heterocycles. The van der Waals surface area contributed by atoms with E-state index >= 15 is 0 Å². The van der Waals surface area contributed by atoms with Crippen LogP contribution in [-0.2, 0) is 6.61 Å². The van der Waals surface area contributed by atoms with Gasteiger partial charge in [0.05, 0.1) is 6.61 Å². The summed E-state index contributed by atoms with van der Waals surface area (Å²) in [5.74, 6) is 0.794. The highest BCUT2D eigenvalue weighted by Gasteiger charge is 2.12. The minimum atomic E-state index is 0.0831. The van der Waals surface area contributed by atoms with E-state index in [9.17, 15) is 5.11 Å². The van der Waals surface area contributed by atoms with Crippen LogP contribution in [-0.4, -0.2) is 5.11 Å². The molecule has 0 amide bonds. The van der Waals surface area contributed by atoms with E-state index in [4.69, 9.17) is 5.73 Å². The molecule has 1 rings (SSSR count). The number of aliphatic hydroxyl groups is 1.